The summed E-state index contributed by atoms with van der Waals surface area (Å²) in [4.78, 5) is 10.9. The van der Waals surface area contributed by atoms with Crippen molar-refractivity contribution in [1.29, 1.82) is 0 Å². The van der Waals surface area contributed by atoms with Gasteiger partial charge in [-0.15, -0.1) is 11.8 Å². The van der Waals surface area contributed by atoms with Crippen LogP contribution < -0.4 is 0 Å². The van der Waals surface area contributed by atoms with E-state index in [-0.39, 0.29) is 0 Å². The number of thioether (sulfide) groups is 2. The van der Waals surface area contributed by atoms with Crippen LogP contribution in [0.4, 0.5) is 0 Å². The molecule has 0 aliphatic carbocycles. The molecule has 0 aromatic rings. The molecule has 0 amide bonds. The van der Waals surface area contributed by atoms with Gasteiger partial charge in [0.25, 0.3) is 0 Å². The van der Waals surface area contributed by atoms with Gasteiger partial charge < -0.3 is 5.11 Å². The van der Waals surface area contributed by atoms with E-state index in [1.165, 1.54) is 0 Å². The van der Waals surface area contributed by atoms with E-state index in [4.69, 9.17) is 5.11 Å². The maximum Gasteiger partial charge on any atom is 0.320 e. The van der Waals surface area contributed by atoms with Gasteiger partial charge in [0.05, 0.1) is 0 Å². The van der Waals surface area contributed by atoms with Gasteiger partial charge in [-0.25, -0.2) is 0 Å². The van der Waals surface area contributed by atoms with E-state index in [2.05, 4.69) is 0 Å². The zero-order valence-corrected chi connectivity index (χ0v) is 8.13. The van der Waals surface area contributed by atoms with Crippen LogP contribution in [0.1, 0.15) is 13.3 Å². The van der Waals surface area contributed by atoms with Gasteiger partial charge in [0.2, 0.25) is 0 Å². The van der Waals surface area contributed by atoms with Crippen LogP contribution >= 0.6 is 23.5 Å². The quantitative estimate of drug-likeness (QED) is 0.738. The molecule has 0 saturated carbocycles. The monoisotopic (exact) mass is 192 g/mol. The average molecular weight is 192 g/mol. The van der Waals surface area contributed by atoms with Crippen molar-refractivity contribution >= 4 is 29.5 Å². The zero-order chi connectivity index (χ0) is 8.32. The van der Waals surface area contributed by atoms with Gasteiger partial charge in [-0.2, -0.15) is 11.8 Å². The fourth-order valence-corrected chi connectivity index (χ4v) is 4.04. The minimum Gasteiger partial charge on any atom is -0.480 e. The molecule has 1 unspecified atom stereocenters. The van der Waals surface area contributed by atoms with Crippen molar-refractivity contribution in [2.24, 2.45) is 0 Å². The maximum atomic E-state index is 10.9. The van der Waals surface area contributed by atoms with Crippen LogP contribution in [0.3, 0.4) is 0 Å². The molecule has 4 heteroatoms. The summed E-state index contributed by atoms with van der Waals surface area (Å²) in [5, 5.41) is 8.96. The summed E-state index contributed by atoms with van der Waals surface area (Å²) in [6, 6.07) is 0. The lowest BCUT2D eigenvalue weighted by molar-refractivity contribution is -0.139. The zero-order valence-electron chi connectivity index (χ0n) is 6.50. The third-order valence-electron chi connectivity index (χ3n) is 1.80. The Hall–Kier alpha value is 0.170. The van der Waals surface area contributed by atoms with E-state index >= 15 is 0 Å². The second-order valence-corrected chi connectivity index (χ2v) is 5.29. The molecule has 0 bridgehead atoms. The number of hydrogen-bond donors (Lipinski definition) is 1. The Morgan fingerprint density at radius 1 is 1.82 bits per heavy atom. The Morgan fingerprint density at radius 2 is 2.55 bits per heavy atom. The SMILES string of the molecule is CCSC1(C(=O)O)CCSC1. The topological polar surface area (TPSA) is 37.3 Å². The molecule has 1 aliphatic heterocycles. The number of hydrogen-bond acceptors (Lipinski definition) is 3. The summed E-state index contributed by atoms with van der Waals surface area (Å²) in [6.45, 7) is 2.01. The van der Waals surface area contributed by atoms with Crippen molar-refractivity contribution < 1.29 is 9.90 Å². The van der Waals surface area contributed by atoms with Crippen molar-refractivity contribution in [2.75, 3.05) is 17.3 Å². The number of carboxylic acids is 1. The highest BCUT2D eigenvalue weighted by molar-refractivity contribution is 8.05. The Labute approximate surface area is 75.1 Å². The van der Waals surface area contributed by atoms with E-state index in [0.29, 0.717) is 0 Å². The van der Waals surface area contributed by atoms with Gasteiger partial charge >= 0.3 is 5.97 Å². The molecule has 0 radical (unpaired) electrons. The van der Waals surface area contributed by atoms with E-state index < -0.39 is 10.7 Å². The Kier molecular flexibility index (Phi) is 3.13. The number of carbonyl (C=O) groups is 1. The van der Waals surface area contributed by atoms with Crippen molar-refractivity contribution in [2.45, 2.75) is 18.1 Å². The Morgan fingerprint density at radius 3 is 2.91 bits per heavy atom. The lowest BCUT2D eigenvalue weighted by atomic mass is 10.1. The van der Waals surface area contributed by atoms with Crippen LogP contribution in [0.5, 0.6) is 0 Å². The van der Waals surface area contributed by atoms with E-state index in [1.807, 2.05) is 6.92 Å². The van der Waals surface area contributed by atoms with Crippen molar-refractivity contribution in [3.8, 4) is 0 Å². The maximum absolute atomic E-state index is 10.9. The molecule has 1 aliphatic rings. The highest BCUT2D eigenvalue weighted by Crippen LogP contribution is 2.39. The molecular formula is C7H12O2S2. The molecule has 0 spiro atoms. The Balaban J connectivity index is 2.62. The molecule has 0 aromatic carbocycles. The molecule has 11 heavy (non-hydrogen) atoms. The summed E-state index contributed by atoms with van der Waals surface area (Å²) in [5.74, 6) is 2.04. The highest BCUT2D eigenvalue weighted by atomic mass is 32.2. The van der Waals surface area contributed by atoms with Gasteiger partial charge in [-0.05, 0) is 17.9 Å². The molecule has 2 nitrogen and oxygen atoms in total. The van der Waals surface area contributed by atoms with Gasteiger partial charge in [0.15, 0.2) is 0 Å². The van der Waals surface area contributed by atoms with E-state index in [1.54, 1.807) is 23.5 Å². The van der Waals surface area contributed by atoms with Gasteiger partial charge in [-0.1, -0.05) is 6.92 Å². The van der Waals surface area contributed by atoms with Crippen LogP contribution in [0, 0.1) is 0 Å². The summed E-state index contributed by atoms with van der Waals surface area (Å²) in [5.41, 5.74) is 0. The highest BCUT2D eigenvalue weighted by Gasteiger charge is 2.41. The summed E-state index contributed by atoms with van der Waals surface area (Å²) in [6.07, 6.45) is 0.825. The number of aliphatic carboxylic acids is 1. The molecule has 0 aromatic heterocycles. The predicted molar refractivity (Wildman–Crippen MR) is 50.4 cm³/mol. The number of rotatable bonds is 3. The first-order valence-corrected chi connectivity index (χ1v) is 5.80. The summed E-state index contributed by atoms with van der Waals surface area (Å²) >= 11 is 3.32. The molecule has 1 saturated heterocycles. The van der Waals surface area contributed by atoms with Crippen LogP contribution in [-0.4, -0.2) is 33.1 Å². The first-order chi connectivity index (χ1) is 5.21. The third-order valence-corrected chi connectivity index (χ3v) is 4.53. The minimum absolute atomic E-state index is 0.459. The fraction of sp³-hybridized carbons (Fsp3) is 0.857. The second-order valence-electron chi connectivity index (χ2n) is 2.54. The van der Waals surface area contributed by atoms with Crippen LogP contribution in [0.2, 0.25) is 0 Å². The molecule has 1 heterocycles. The number of carboxylic acid groups (broad SMARTS) is 1. The molecule has 1 N–H and O–H groups in total. The lowest BCUT2D eigenvalue weighted by Crippen LogP contribution is -2.35. The normalized spacial score (nSPS) is 30.6. The summed E-state index contributed by atoms with van der Waals surface area (Å²) < 4.78 is -0.459. The average Bonchev–Trinajstić information content (AvgIpc) is 2.38. The standard InChI is InChI=1S/C7H12O2S2/c1-2-11-7(6(8)9)3-4-10-5-7/h2-5H2,1H3,(H,8,9). The van der Waals surface area contributed by atoms with Crippen LogP contribution in [0.25, 0.3) is 0 Å². The molecule has 1 atom stereocenters. The van der Waals surface area contributed by atoms with E-state index in [9.17, 15) is 4.79 Å². The lowest BCUT2D eigenvalue weighted by Gasteiger charge is -2.20. The summed E-state index contributed by atoms with van der Waals surface area (Å²) in [7, 11) is 0. The molecular weight excluding hydrogens is 180 g/mol. The Bertz CT molecular complexity index is 153. The van der Waals surface area contributed by atoms with Crippen molar-refractivity contribution in [3.63, 3.8) is 0 Å². The van der Waals surface area contributed by atoms with Gasteiger partial charge in [-0.3, -0.25) is 4.79 Å². The van der Waals surface area contributed by atoms with Crippen molar-refractivity contribution in [1.82, 2.24) is 0 Å². The third kappa shape index (κ3) is 1.85. The second kappa shape index (κ2) is 3.72. The van der Waals surface area contributed by atoms with Crippen molar-refractivity contribution in [3.05, 3.63) is 0 Å². The molecule has 1 fully saturated rings. The van der Waals surface area contributed by atoms with E-state index in [0.717, 1.165) is 23.7 Å². The fourth-order valence-electron chi connectivity index (χ4n) is 1.17. The minimum atomic E-state index is -0.630. The van der Waals surface area contributed by atoms with Crippen LogP contribution in [-0.2, 0) is 4.79 Å². The molecule has 64 valence electrons. The van der Waals surface area contributed by atoms with Gasteiger partial charge in [0, 0.05) is 5.75 Å². The first kappa shape index (κ1) is 9.26. The predicted octanol–water partition coefficient (Wildman–Crippen LogP) is 1.70. The van der Waals surface area contributed by atoms with Gasteiger partial charge in [0.1, 0.15) is 4.75 Å². The smallest absolute Gasteiger partial charge is 0.320 e. The van der Waals surface area contributed by atoms with Crippen LogP contribution in [0.15, 0.2) is 0 Å². The molecule has 1 rings (SSSR count). The largest absolute Gasteiger partial charge is 0.480 e. The first-order valence-electron chi connectivity index (χ1n) is 3.66.